The van der Waals surface area contributed by atoms with Crippen molar-refractivity contribution in [3.05, 3.63) is 38.6 Å². The van der Waals surface area contributed by atoms with Crippen LogP contribution in [0.1, 0.15) is 21.3 Å². The fourth-order valence-corrected chi connectivity index (χ4v) is 2.18. The highest BCUT2D eigenvalue weighted by Crippen LogP contribution is 2.14. The molecule has 2 aromatic heterocycles. The zero-order chi connectivity index (χ0) is 11.5. The van der Waals surface area contributed by atoms with Gasteiger partial charge in [-0.3, -0.25) is 4.79 Å². The van der Waals surface area contributed by atoms with Gasteiger partial charge in [0.05, 0.1) is 6.54 Å². The summed E-state index contributed by atoms with van der Waals surface area (Å²) in [5.74, 6) is 0.0544. The summed E-state index contributed by atoms with van der Waals surface area (Å²) < 4.78 is 5.67. The first-order valence-electron chi connectivity index (χ1n) is 4.59. The maximum Gasteiger partial charge on any atom is 0.287 e. The Bertz CT molecular complexity index is 506. The summed E-state index contributed by atoms with van der Waals surface area (Å²) >= 11 is 4.67. The van der Waals surface area contributed by atoms with Gasteiger partial charge < -0.3 is 9.73 Å². The summed E-state index contributed by atoms with van der Waals surface area (Å²) in [5, 5.41) is 5.57. The zero-order valence-corrected chi connectivity index (χ0v) is 10.9. The van der Waals surface area contributed by atoms with Gasteiger partial charge in [-0.2, -0.15) is 0 Å². The van der Waals surface area contributed by atoms with Crippen LogP contribution in [0.5, 0.6) is 0 Å². The molecule has 1 N–H and O–H groups in total. The van der Waals surface area contributed by atoms with E-state index in [1.807, 2.05) is 12.3 Å². The molecule has 0 saturated carbocycles. The molecule has 0 aliphatic heterocycles. The van der Waals surface area contributed by atoms with Gasteiger partial charge in [0.15, 0.2) is 10.4 Å². The number of aryl methyl sites for hydroxylation is 1. The molecule has 0 aliphatic carbocycles. The Kier molecular flexibility index (Phi) is 3.40. The third-order valence-corrected chi connectivity index (χ3v) is 3.26. The number of aromatic nitrogens is 1. The highest BCUT2D eigenvalue weighted by Gasteiger charge is 2.10. The van der Waals surface area contributed by atoms with Gasteiger partial charge in [-0.05, 0) is 35.0 Å². The molecular formula is C10H9BrN2O2S. The molecule has 6 heteroatoms. The van der Waals surface area contributed by atoms with Gasteiger partial charge in [-0.25, -0.2) is 4.98 Å². The number of amides is 1. The van der Waals surface area contributed by atoms with Crippen molar-refractivity contribution in [2.75, 3.05) is 0 Å². The highest BCUT2D eigenvalue weighted by atomic mass is 79.9. The molecule has 2 rings (SSSR count). The van der Waals surface area contributed by atoms with Crippen LogP contribution < -0.4 is 5.32 Å². The number of rotatable bonds is 3. The molecule has 0 aliphatic rings. The van der Waals surface area contributed by atoms with Crippen LogP contribution in [0.15, 0.2) is 26.6 Å². The number of furan rings is 1. The smallest absolute Gasteiger partial charge is 0.287 e. The number of nitrogens with zero attached hydrogens (tertiary/aromatic N) is 1. The summed E-state index contributed by atoms with van der Waals surface area (Å²) in [6.45, 7) is 2.35. The number of thiazole rings is 1. The van der Waals surface area contributed by atoms with Crippen molar-refractivity contribution in [3.8, 4) is 0 Å². The van der Waals surface area contributed by atoms with Crippen molar-refractivity contribution in [1.29, 1.82) is 0 Å². The molecule has 0 radical (unpaired) electrons. The first kappa shape index (κ1) is 11.3. The van der Waals surface area contributed by atoms with Gasteiger partial charge in [-0.15, -0.1) is 11.3 Å². The summed E-state index contributed by atoms with van der Waals surface area (Å²) in [5.41, 5.74) is 0.968. The standard InChI is InChI=1S/C10H9BrN2O2S/c1-6-5-16-9(13-6)4-12-10(14)7-2-3-8(11)15-7/h2-3,5H,4H2,1H3,(H,12,14). The van der Waals surface area contributed by atoms with Gasteiger partial charge in [0, 0.05) is 11.1 Å². The van der Waals surface area contributed by atoms with Crippen LogP contribution >= 0.6 is 27.3 Å². The molecule has 84 valence electrons. The summed E-state index contributed by atoms with van der Waals surface area (Å²) in [4.78, 5) is 15.8. The van der Waals surface area contributed by atoms with Crippen LogP contribution in [0.3, 0.4) is 0 Å². The number of halogens is 1. The second kappa shape index (κ2) is 4.80. The lowest BCUT2D eigenvalue weighted by Crippen LogP contribution is -2.22. The van der Waals surface area contributed by atoms with Crippen LogP contribution in [0.25, 0.3) is 0 Å². The van der Waals surface area contributed by atoms with E-state index in [0.717, 1.165) is 10.7 Å². The Morgan fingerprint density at radius 1 is 1.62 bits per heavy atom. The number of carbonyl (C=O) groups excluding carboxylic acids is 1. The van der Waals surface area contributed by atoms with Crippen molar-refractivity contribution in [1.82, 2.24) is 10.3 Å². The lowest BCUT2D eigenvalue weighted by atomic mass is 10.4. The van der Waals surface area contributed by atoms with E-state index in [1.54, 1.807) is 12.1 Å². The van der Waals surface area contributed by atoms with E-state index >= 15 is 0 Å². The van der Waals surface area contributed by atoms with Crippen molar-refractivity contribution < 1.29 is 9.21 Å². The largest absolute Gasteiger partial charge is 0.444 e. The van der Waals surface area contributed by atoms with E-state index in [9.17, 15) is 4.79 Å². The van der Waals surface area contributed by atoms with Crippen LogP contribution in [0.2, 0.25) is 0 Å². The van der Waals surface area contributed by atoms with Crippen LogP contribution in [0, 0.1) is 6.92 Å². The molecule has 2 heterocycles. The van der Waals surface area contributed by atoms with Gasteiger partial charge in [-0.1, -0.05) is 0 Å². The Labute approximate surface area is 105 Å². The lowest BCUT2D eigenvalue weighted by Gasteiger charge is -1.99. The maximum absolute atomic E-state index is 11.6. The predicted octanol–water partition coefficient (Wildman–Crippen LogP) is 2.74. The fourth-order valence-electron chi connectivity index (χ4n) is 1.16. The molecule has 2 aromatic rings. The van der Waals surface area contributed by atoms with Gasteiger partial charge in [0.2, 0.25) is 0 Å². The molecule has 1 amide bonds. The minimum absolute atomic E-state index is 0.237. The summed E-state index contributed by atoms with van der Waals surface area (Å²) in [7, 11) is 0. The molecule has 0 bridgehead atoms. The number of hydrogen-bond acceptors (Lipinski definition) is 4. The number of nitrogens with one attached hydrogen (secondary N) is 1. The monoisotopic (exact) mass is 300 g/mol. The van der Waals surface area contributed by atoms with Crippen molar-refractivity contribution in [2.24, 2.45) is 0 Å². The average Bonchev–Trinajstić information content (AvgIpc) is 2.84. The minimum atomic E-state index is -0.237. The van der Waals surface area contributed by atoms with Crippen LogP contribution in [0.4, 0.5) is 0 Å². The molecule has 0 aromatic carbocycles. The molecule has 0 fully saturated rings. The van der Waals surface area contributed by atoms with E-state index in [0.29, 0.717) is 17.0 Å². The number of hydrogen-bond donors (Lipinski definition) is 1. The molecule has 16 heavy (non-hydrogen) atoms. The second-order valence-corrected chi connectivity index (χ2v) is 4.89. The van der Waals surface area contributed by atoms with E-state index in [1.165, 1.54) is 11.3 Å². The van der Waals surface area contributed by atoms with Crippen LogP contribution in [-0.2, 0) is 6.54 Å². The highest BCUT2D eigenvalue weighted by molar-refractivity contribution is 9.10. The van der Waals surface area contributed by atoms with Crippen LogP contribution in [-0.4, -0.2) is 10.9 Å². The average molecular weight is 301 g/mol. The van der Waals surface area contributed by atoms with E-state index < -0.39 is 0 Å². The third kappa shape index (κ3) is 2.70. The summed E-state index contributed by atoms with van der Waals surface area (Å²) in [6, 6.07) is 3.30. The summed E-state index contributed by atoms with van der Waals surface area (Å²) in [6.07, 6.45) is 0. The SMILES string of the molecule is Cc1csc(CNC(=O)c2ccc(Br)o2)n1. The third-order valence-electron chi connectivity index (χ3n) is 1.86. The fraction of sp³-hybridized carbons (Fsp3) is 0.200. The van der Waals surface area contributed by atoms with Gasteiger partial charge >= 0.3 is 0 Å². The maximum atomic E-state index is 11.6. The lowest BCUT2D eigenvalue weighted by molar-refractivity contribution is 0.0922. The van der Waals surface area contributed by atoms with Gasteiger partial charge in [0.1, 0.15) is 5.01 Å². The molecular weight excluding hydrogens is 292 g/mol. The quantitative estimate of drug-likeness (QED) is 0.948. The minimum Gasteiger partial charge on any atom is -0.444 e. The van der Waals surface area contributed by atoms with Gasteiger partial charge in [0.25, 0.3) is 5.91 Å². The Hall–Kier alpha value is -1.14. The first-order valence-corrected chi connectivity index (χ1v) is 6.27. The normalized spacial score (nSPS) is 10.4. The Morgan fingerprint density at radius 3 is 3.00 bits per heavy atom. The number of carbonyl (C=O) groups is 1. The van der Waals surface area contributed by atoms with E-state index in [4.69, 9.17) is 4.42 Å². The second-order valence-electron chi connectivity index (χ2n) is 3.17. The Balaban J connectivity index is 1.93. The Morgan fingerprint density at radius 2 is 2.44 bits per heavy atom. The van der Waals surface area contributed by atoms with Crippen molar-refractivity contribution >= 4 is 33.2 Å². The van der Waals surface area contributed by atoms with Crippen molar-refractivity contribution in [3.63, 3.8) is 0 Å². The first-order chi connectivity index (χ1) is 7.65. The molecule has 0 spiro atoms. The topological polar surface area (TPSA) is 55.1 Å². The van der Waals surface area contributed by atoms with E-state index in [2.05, 4.69) is 26.2 Å². The molecule has 4 nitrogen and oxygen atoms in total. The molecule has 0 saturated heterocycles. The predicted molar refractivity (Wildman–Crippen MR) is 64.4 cm³/mol. The van der Waals surface area contributed by atoms with Crippen molar-refractivity contribution in [2.45, 2.75) is 13.5 Å². The molecule has 0 unspecified atom stereocenters. The zero-order valence-electron chi connectivity index (χ0n) is 8.49. The van der Waals surface area contributed by atoms with E-state index in [-0.39, 0.29) is 5.91 Å². The molecule has 0 atom stereocenters.